The Morgan fingerprint density at radius 3 is 2.85 bits per heavy atom. The molecule has 0 amide bonds. The van der Waals surface area contributed by atoms with E-state index in [1.165, 1.54) is 32.4 Å². The van der Waals surface area contributed by atoms with E-state index in [4.69, 9.17) is 10.5 Å². The maximum Gasteiger partial charge on any atom is 0.225 e. The average molecular weight is 279 g/mol. The molecule has 0 radical (unpaired) electrons. The zero-order valence-electron chi connectivity index (χ0n) is 12.3. The van der Waals surface area contributed by atoms with Gasteiger partial charge in [-0.3, -0.25) is 4.90 Å². The van der Waals surface area contributed by atoms with E-state index in [-0.39, 0.29) is 5.95 Å². The van der Waals surface area contributed by atoms with E-state index in [2.05, 4.69) is 27.1 Å². The van der Waals surface area contributed by atoms with Crippen molar-refractivity contribution in [1.82, 2.24) is 14.9 Å². The van der Waals surface area contributed by atoms with Crippen molar-refractivity contribution in [3.63, 3.8) is 0 Å². The number of hydrogen-bond acceptors (Lipinski definition) is 6. The van der Waals surface area contributed by atoms with Crippen LogP contribution in [0.25, 0.3) is 0 Å². The molecule has 1 aromatic rings. The molecule has 112 valence electrons. The van der Waals surface area contributed by atoms with Crippen molar-refractivity contribution in [3.05, 3.63) is 6.07 Å². The maximum atomic E-state index is 5.70. The fourth-order valence-electron chi connectivity index (χ4n) is 2.32. The van der Waals surface area contributed by atoms with E-state index >= 15 is 0 Å². The predicted molar refractivity (Wildman–Crippen MR) is 81.0 cm³/mol. The van der Waals surface area contributed by atoms with Crippen LogP contribution in [0.3, 0.4) is 0 Å². The Bertz CT molecular complexity index is 407. The van der Waals surface area contributed by atoms with Gasteiger partial charge in [0, 0.05) is 19.2 Å². The van der Waals surface area contributed by atoms with Gasteiger partial charge in [-0.05, 0) is 32.4 Å². The Balaban J connectivity index is 1.80. The number of nitrogen functional groups attached to an aromatic ring is 1. The van der Waals surface area contributed by atoms with Gasteiger partial charge in [0.25, 0.3) is 0 Å². The number of nitrogens with zero attached hydrogens (tertiary/aromatic N) is 3. The summed E-state index contributed by atoms with van der Waals surface area (Å²) in [5.41, 5.74) is 5.69. The van der Waals surface area contributed by atoms with Crippen molar-refractivity contribution in [2.45, 2.75) is 32.6 Å². The van der Waals surface area contributed by atoms with Crippen LogP contribution in [-0.4, -0.2) is 47.7 Å². The quantitative estimate of drug-likeness (QED) is 0.792. The minimum absolute atomic E-state index is 0.249. The first-order chi connectivity index (χ1) is 9.78. The molecule has 0 bridgehead atoms. The van der Waals surface area contributed by atoms with Crippen LogP contribution in [0.15, 0.2) is 6.07 Å². The van der Waals surface area contributed by atoms with Gasteiger partial charge in [0.1, 0.15) is 12.4 Å². The van der Waals surface area contributed by atoms with Gasteiger partial charge >= 0.3 is 0 Å². The number of nitrogens with two attached hydrogens (primary N) is 1. The van der Waals surface area contributed by atoms with Gasteiger partial charge in [0.2, 0.25) is 11.8 Å². The predicted octanol–water partition coefficient (Wildman–Crippen LogP) is 1.75. The molecule has 6 heteroatoms. The third kappa shape index (κ3) is 4.85. The monoisotopic (exact) mass is 279 g/mol. The molecule has 20 heavy (non-hydrogen) atoms. The van der Waals surface area contributed by atoms with Crippen LogP contribution in [0.4, 0.5) is 11.8 Å². The van der Waals surface area contributed by atoms with Crippen LogP contribution in [0.5, 0.6) is 5.88 Å². The van der Waals surface area contributed by atoms with E-state index in [1.807, 2.05) is 6.07 Å². The van der Waals surface area contributed by atoms with Gasteiger partial charge in [-0.1, -0.05) is 13.3 Å². The Morgan fingerprint density at radius 2 is 2.10 bits per heavy atom. The molecule has 0 spiro atoms. The second-order valence-corrected chi connectivity index (χ2v) is 5.13. The topological polar surface area (TPSA) is 76.3 Å². The zero-order valence-corrected chi connectivity index (χ0v) is 12.3. The van der Waals surface area contributed by atoms with Crippen molar-refractivity contribution in [1.29, 1.82) is 0 Å². The van der Waals surface area contributed by atoms with Crippen molar-refractivity contribution in [2.75, 3.05) is 43.8 Å². The lowest BCUT2D eigenvalue weighted by molar-refractivity contribution is 0.180. The molecular formula is C14H25N5O. The molecule has 2 rings (SSSR count). The van der Waals surface area contributed by atoms with Gasteiger partial charge < -0.3 is 15.8 Å². The Hall–Kier alpha value is -1.56. The maximum absolute atomic E-state index is 5.70. The second kappa shape index (κ2) is 7.89. The number of ether oxygens (including phenoxy) is 1. The summed E-state index contributed by atoms with van der Waals surface area (Å²) < 4.78 is 5.70. The second-order valence-electron chi connectivity index (χ2n) is 5.13. The van der Waals surface area contributed by atoms with Crippen LogP contribution >= 0.6 is 0 Å². The van der Waals surface area contributed by atoms with E-state index < -0.39 is 0 Å². The molecule has 0 aromatic carbocycles. The molecule has 1 aromatic heterocycles. The SMILES string of the molecule is CCCNc1cc(OCCN2CCCCC2)nc(N)n1. The van der Waals surface area contributed by atoms with E-state index in [9.17, 15) is 0 Å². The highest BCUT2D eigenvalue weighted by molar-refractivity contribution is 5.42. The minimum atomic E-state index is 0.249. The number of aromatic nitrogens is 2. The lowest BCUT2D eigenvalue weighted by atomic mass is 10.1. The van der Waals surface area contributed by atoms with Crippen LogP contribution in [0.1, 0.15) is 32.6 Å². The lowest BCUT2D eigenvalue weighted by Crippen LogP contribution is -2.33. The number of hydrogen-bond donors (Lipinski definition) is 2. The lowest BCUT2D eigenvalue weighted by Gasteiger charge is -2.26. The van der Waals surface area contributed by atoms with Gasteiger partial charge in [-0.15, -0.1) is 0 Å². The molecule has 1 aliphatic rings. The number of anilines is 2. The summed E-state index contributed by atoms with van der Waals surface area (Å²) in [7, 11) is 0. The third-order valence-corrected chi connectivity index (χ3v) is 3.38. The zero-order chi connectivity index (χ0) is 14.2. The van der Waals surface area contributed by atoms with Crippen molar-refractivity contribution in [2.24, 2.45) is 0 Å². The fourth-order valence-corrected chi connectivity index (χ4v) is 2.32. The van der Waals surface area contributed by atoms with E-state index in [0.717, 1.165) is 25.3 Å². The minimum Gasteiger partial charge on any atom is -0.476 e. The fraction of sp³-hybridized carbons (Fsp3) is 0.714. The number of rotatable bonds is 7. The first-order valence-electron chi connectivity index (χ1n) is 7.51. The molecule has 0 unspecified atom stereocenters. The molecule has 2 heterocycles. The summed E-state index contributed by atoms with van der Waals surface area (Å²) in [5.74, 6) is 1.53. The summed E-state index contributed by atoms with van der Waals surface area (Å²) in [6.07, 6.45) is 4.98. The molecule has 0 saturated carbocycles. The number of likely N-dealkylation sites (tertiary alicyclic amines) is 1. The molecule has 1 aliphatic heterocycles. The summed E-state index contributed by atoms with van der Waals surface area (Å²) in [6.45, 7) is 6.92. The third-order valence-electron chi connectivity index (χ3n) is 3.38. The molecule has 0 aliphatic carbocycles. The molecule has 6 nitrogen and oxygen atoms in total. The Labute approximate surface area is 120 Å². The van der Waals surface area contributed by atoms with Gasteiger partial charge in [0.15, 0.2) is 0 Å². The first kappa shape index (κ1) is 14.8. The van der Waals surface area contributed by atoms with Crippen LogP contribution < -0.4 is 15.8 Å². The summed E-state index contributed by atoms with van der Waals surface area (Å²) in [4.78, 5) is 10.7. The van der Waals surface area contributed by atoms with Gasteiger partial charge in [-0.25, -0.2) is 0 Å². The van der Waals surface area contributed by atoms with Crippen molar-refractivity contribution in [3.8, 4) is 5.88 Å². The summed E-state index contributed by atoms with van der Waals surface area (Å²) >= 11 is 0. The van der Waals surface area contributed by atoms with Gasteiger partial charge in [0.05, 0.1) is 0 Å². The highest BCUT2D eigenvalue weighted by Gasteiger charge is 2.10. The molecule has 0 atom stereocenters. The number of piperidine rings is 1. The van der Waals surface area contributed by atoms with Crippen molar-refractivity contribution < 1.29 is 4.74 Å². The summed E-state index contributed by atoms with van der Waals surface area (Å²) in [5, 5.41) is 3.19. The van der Waals surface area contributed by atoms with Crippen molar-refractivity contribution >= 4 is 11.8 Å². The normalized spacial score (nSPS) is 16.1. The first-order valence-corrected chi connectivity index (χ1v) is 7.51. The van der Waals surface area contributed by atoms with Gasteiger partial charge in [-0.2, -0.15) is 9.97 Å². The average Bonchev–Trinajstić information content (AvgIpc) is 2.46. The van der Waals surface area contributed by atoms with Crippen LogP contribution in [0, 0.1) is 0 Å². The van der Waals surface area contributed by atoms with Crippen LogP contribution in [0.2, 0.25) is 0 Å². The Kier molecular flexibility index (Phi) is 5.86. The standard InChI is InChI=1S/C14H25N5O/c1-2-6-16-12-11-13(18-14(15)17-12)20-10-9-19-7-4-3-5-8-19/h11H,2-10H2,1H3,(H3,15,16,17,18). The van der Waals surface area contributed by atoms with E-state index in [0.29, 0.717) is 12.5 Å². The highest BCUT2D eigenvalue weighted by atomic mass is 16.5. The van der Waals surface area contributed by atoms with E-state index in [1.54, 1.807) is 0 Å². The molecule has 1 saturated heterocycles. The smallest absolute Gasteiger partial charge is 0.225 e. The molecule has 3 N–H and O–H groups in total. The number of nitrogens with one attached hydrogen (secondary N) is 1. The highest BCUT2D eigenvalue weighted by Crippen LogP contribution is 2.15. The molecule has 1 fully saturated rings. The largest absolute Gasteiger partial charge is 0.476 e. The molecular weight excluding hydrogens is 254 g/mol. The Morgan fingerprint density at radius 1 is 1.30 bits per heavy atom. The van der Waals surface area contributed by atoms with Crippen LogP contribution in [-0.2, 0) is 0 Å². The summed E-state index contributed by atoms with van der Waals surface area (Å²) in [6, 6.07) is 1.81.